The first-order valence-electron chi connectivity index (χ1n) is 11.0. The predicted octanol–water partition coefficient (Wildman–Crippen LogP) is 5.62. The summed E-state index contributed by atoms with van der Waals surface area (Å²) in [5, 5.41) is 1.16. The molecule has 0 bridgehead atoms. The lowest BCUT2D eigenvalue weighted by Gasteiger charge is -2.23. The lowest BCUT2D eigenvalue weighted by atomic mass is 10.2. The molecule has 1 fully saturated rings. The fourth-order valence-corrected chi connectivity index (χ4v) is 5.73. The Morgan fingerprint density at radius 3 is 2.94 bits per heavy atom. The smallest absolute Gasteiger partial charge is 0.264 e. The Bertz CT molecular complexity index is 1290. The van der Waals surface area contributed by atoms with Crippen LogP contribution in [0.2, 0.25) is 0 Å². The summed E-state index contributed by atoms with van der Waals surface area (Å²) in [6, 6.07) is 12.2. The maximum Gasteiger partial charge on any atom is 0.264 e. The second-order valence-corrected chi connectivity index (χ2v) is 9.29. The van der Waals surface area contributed by atoms with E-state index < -0.39 is 0 Å². The number of ether oxygens (including phenoxy) is 2. The summed E-state index contributed by atoms with van der Waals surface area (Å²) in [6.45, 7) is 6.56. The summed E-state index contributed by atoms with van der Waals surface area (Å²) in [7, 11) is 1.68. The van der Waals surface area contributed by atoms with Crippen LogP contribution in [0, 0.1) is 6.92 Å². The fraction of sp³-hybridized carbons (Fsp3) is 0.360. The molecule has 6 nitrogen and oxygen atoms in total. The largest absolute Gasteiger partial charge is 0.456 e. The zero-order chi connectivity index (χ0) is 22.2. The second-order valence-electron chi connectivity index (χ2n) is 8.24. The van der Waals surface area contributed by atoms with Crippen LogP contribution in [-0.4, -0.2) is 46.7 Å². The summed E-state index contributed by atoms with van der Waals surface area (Å²) in [5.74, 6) is 1.55. The normalized spacial score (nSPS) is 16.3. The standard InChI is InChI=1S/C25H27N3O3S/c1-4-27-16(2)12-17-13-19(7-8-21(17)27)31-22-9-10-26-20-14-23(32-24(20)22)25(29)28-11-5-6-18(28)15-30-3/h7-10,12-14,18H,4-6,11,15H2,1-3H3/t18-/m1/s1. The molecular formula is C25H27N3O3S. The van der Waals surface area contributed by atoms with Crippen LogP contribution in [0.1, 0.15) is 35.1 Å². The minimum atomic E-state index is 0.0521. The molecule has 0 aliphatic carbocycles. The van der Waals surface area contributed by atoms with Gasteiger partial charge in [-0.3, -0.25) is 9.78 Å². The number of carbonyl (C=O) groups excluding carboxylic acids is 1. The number of amides is 1. The Hall–Kier alpha value is -2.90. The second kappa shape index (κ2) is 8.56. The van der Waals surface area contributed by atoms with Crippen LogP contribution >= 0.6 is 11.3 Å². The average molecular weight is 450 g/mol. The van der Waals surface area contributed by atoms with Crippen molar-refractivity contribution in [1.82, 2.24) is 14.5 Å². The van der Waals surface area contributed by atoms with E-state index in [1.807, 2.05) is 23.1 Å². The van der Waals surface area contributed by atoms with Gasteiger partial charge < -0.3 is 18.9 Å². The Kier molecular flexibility index (Phi) is 5.61. The number of thiophene rings is 1. The van der Waals surface area contributed by atoms with Gasteiger partial charge in [-0.1, -0.05) is 0 Å². The Morgan fingerprint density at radius 2 is 2.12 bits per heavy atom. The molecule has 3 aromatic heterocycles. The van der Waals surface area contributed by atoms with E-state index >= 15 is 0 Å². The van der Waals surface area contributed by atoms with E-state index in [0.29, 0.717) is 11.5 Å². The van der Waals surface area contributed by atoms with Gasteiger partial charge in [0, 0.05) is 49.1 Å². The van der Waals surface area contributed by atoms with E-state index in [-0.39, 0.29) is 11.9 Å². The van der Waals surface area contributed by atoms with E-state index in [9.17, 15) is 4.79 Å². The van der Waals surface area contributed by atoms with Crippen LogP contribution in [-0.2, 0) is 11.3 Å². The molecule has 0 saturated carbocycles. The molecule has 7 heteroatoms. The van der Waals surface area contributed by atoms with Crippen molar-refractivity contribution in [2.24, 2.45) is 0 Å². The maximum absolute atomic E-state index is 13.2. The molecule has 0 unspecified atom stereocenters. The number of methoxy groups -OCH3 is 1. The molecule has 0 spiro atoms. The molecule has 166 valence electrons. The molecule has 5 rings (SSSR count). The fourth-order valence-electron chi connectivity index (χ4n) is 4.71. The highest BCUT2D eigenvalue weighted by molar-refractivity contribution is 7.21. The average Bonchev–Trinajstić information content (AvgIpc) is 3.49. The third kappa shape index (κ3) is 3.65. The Labute approximate surface area is 191 Å². The van der Waals surface area contributed by atoms with Crippen molar-refractivity contribution in [3.8, 4) is 11.5 Å². The van der Waals surface area contributed by atoms with Gasteiger partial charge in [0.15, 0.2) is 0 Å². The lowest BCUT2D eigenvalue weighted by Crippen LogP contribution is -2.37. The number of rotatable bonds is 6. The number of nitrogens with zero attached hydrogens (tertiary/aromatic N) is 3. The van der Waals surface area contributed by atoms with Gasteiger partial charge in [0.1, 0.15) is 11.5 Å². The third-order valence-electron chi connectivity index (χ3n) is 6.21. The van der Waals surface area contributed by atoms with Crippen LogP contribution in [0.15, 0.2) is 42.6 Å². The predicted molar refractivity (Wildman–Crippen MR) is 128 cm³/mol. The van der Waals surface area contributed by atoms with E-state index in [0.717, 1.165) is 53.0 Å². The minimum Gasteiger partial charge on any atom is -0.456 e. The maximum atomic E-state index is 13.2. The number of hydrogen-bond acceptors (Lipinski definition) is 5. The summed E-state index contributed by atoms with van der Waals surface area (Å²) in [4.78, 5) is 20.3. The van der Waals surface area contributed by atoms with Gasteiger partial charge in [-0.2, -0.15) is 0 Å². The van der Waals surface area contributed by atoms with E-state index in [4.69, 9.17) is 9.47 Å². The number of benzene rings is 1. The molecule has 1 aromatic carbocycles. The van der Waals surface area contributed by atoms with Crippen molar-refractivity contribution in [1.29, 1.82) is 0 Å². The summed E-state index contributed by atoms with van der Waals surface area (Å²) < 4.78 is 14.8. The highest BCUT2D eigenvalue weighted by Gasteiger charge is 2.30. The zero-order valence-electron chi connectivity index (χ0n) is 18.6. The van der Waals surface area contributed by atoms with Gasteiger partial charge in [-0.15, -0.1) is 11.3 Å². The first kappa shape index (κ1) is 21.0. The number of carbonyl (C=O) groups is 1. The number of pyridine rings is 1. The van der Waals surface area contributed by atoms with Crippen molar-refractivity contribution in [2.45, 2.75) is 39.3 Å². The van der Waals surface area contributed by atoms with Gasteiger partial charge in [0.25, 0.3) is 5.91 Å². The molecule has 4 heterocycles. The van der Waals surface area contributed by atoms with Gasteiger partial charge in [-0.25, -0.2) is 0 Å². The zero-order valence-corrected chi connectivity index (χ0v) is 19.4. The molecule has 0 N–H and O–H groups in total. The Morgan fingerprint density at radius 1 is 1.25 bits per heavy atom. The SMILES string of the molecule is CCn1c(C)cc2cc(Oc3ccnc4cc(C(=O)N5CCC[C@@H]5COC)sc34)ccc21. The quantitative estimate of drug-likeness (QED) is 0.383. The van der Waals surface area contributed by atoms with Gasteiger partial charge in [-0.05, 0) is 57.0 Å². The van der Waals surface area contributed by atoms with E-state index in [2.05, 4.69) is 41.6 Å². The number of likely N-dealkylation sites (tertiary alicyclic amines) is 1. The minimum absolute atomic E-state index is 0.0521. The highest BCUT2D eigenvalue weighted by Crippen LogP contribution is 2.37. The first-order valence-corrected chi connectivity index (χ1v) is 11.9. The molecule has 1 atom stereocenters. The van der Waals surface area contributed by atoms with Crippen LogP contribution in [0.5, 0.6) is 11.5 Å². The van der Waals surface area contributed by atoms with E-state index in [1.54, 1.807) is 13.3 Å². The van der Waals surface area contributed by atoms with Crippen molar-refractivity contribution < 1.29 is 14.3 Å². The van der Waals surface area contributed by atoms with Crippen LogP contribution in [0.25, 0.3) is 21.1 Å². The van der Waals surface area contributed by atoms with Crippen molar-refractivity contribution >= 4 is 38.4 Å². The van der Waals surface area contributed by atoms with Crippen molar-refractivity contribution in [3.05, 3.63) is 53.2 Å². The van der Waals surface area contributed by atoms with Gasteiger partial charge in [0.2, 0.25) is 0 Å². The van der Waals surface area contributed by atoms with Crippen molar-refractivity contribution in [3.63, 3.8) is 0 Å². The molecule has 1 saturated heterocycles. The van der Waals surface area contributed by atoms with Gasteiger partial charge >= 0.3 is 0 Å². The molecule has 1 amide bonds. The molecule has 4 aromatic rings. The topological polar surface area (TPSA) is 56.6 Å². The monoisotopic (exact) mass is 449 g/mol. The van der Waals surface area contributed by atoms with Crippen molar-refractivity contribution in [2.75, 3.05) is 20.3 Å². The summed E-state index contributed by atoms with van der Waals surface area (Å²) >= 11 is 1.45. The van der Waals surface area contributed by atoms with Crippen LogP contribution in [0.3, 0.4) is 0 Å². The molecule has 32 heavy (non-hydrogen) atoms. The van der Waals surface area contributed by atoms with E-state index in [1.165, 1.54) is 22.5 Å². The molecular weight excluding hydrogens is 422 g/mol. The van der Waals surface area contributed by atoms with Crippen LogP contribution in [0.4, 0.5) is 0 Å². The summed E-state index contributed by atoms with van der Waals surface area (Å²) in [5.41, 5.74) is 3.23. The van der Waals surface area contributed by atoms with Crippen LogP contribution < -0.4 is 4.74 Å². The Balaban J connectivity index is 1.45. The summed E-state index contributed by atoms with van der Waals surface area (Å²) in [6.07, 6.45) is 3.73. The molecule has 0 radical (unpaired) electrons. The lowest BCUT2D eigenvalue weighted by molar-refractivity contribution is 0.0635. The molecule has 1 aliphatic heterocycles. The highest BCUT2D eigenvalue weighted by atomic mass is 32.1. The third-order valence-corrected chi connectivity index (χ3v) is 7.33. The van der Waals surface area contributed by atoms with Gasteiger partial charge in [0.05, 0.1) is 27.7 Å². The number of aryl methyl sites for hydroxylation is 2. The first-order chi connectivity index (χ1) is 15.6. The number of fused-ring (bicyclic) bond motifs is 2. The number of aromatic nitrogens is 2. The molecule has 1 aliphatic rings. The number of hydrogen-bond donors (Lipinski definition) is 0.